The second kappa shape index (κ2) is 3.87. The van der Waals surface area contributed by atoms with Crippen molar-refractivity contribution in [3.05, 3.63) is 24.0 Å². The molecular formula is C13H16N2O2. The fraction of sp³-hybridized carbons (Fsp3) is 0.385. The third-order valence-electron chi connectivity index (χ3n) is 2.46. The number of ether oxygens (including phenoxy) is 1. The van der Waals surface area contributed by atoms with Gasteiger partial charge in [0.2, 0.25) is 0 Å². The predicted octanol–water partition coefficient (Wildman–Crippen LogP) is 2.56. The highest BCUT2D eigenvalue weighted by molar-refractivity contribution is 5.89. The predicted molar refractivity (Wildman–Crippen MR) is 66.5 cm³/mol. The van der Waals surface area contributed by atoms with Gasteiger partial charge in [-0.3, -0.25) is 9.78 Å². The Kier molecular flexibility index (Phi) is 2.65. The first kappa shape index (κ1) is 11.6. The van der Waals surface area contributed by atoms with Crippen molar-refractivity contribution in [3.8, 4) is 5.75 Å². The van der Waals surface area contributed by atoms with Crippen LogP contribution in [0.2, 0.25) is 0 Å². The lowest BCUT2D eigenvalue weighted by Crippen LogP contribution is -2.23. The molecule has 0 bridgehead atoms. The Balaban J connectivity index is 2.64. The molecule has 0 aliphatic rings. The second-order valence-corrected chi connectivity index (χ2v) is 5.00. The third kappa shape index (κ3) is 2.16. The molecule has 2 heterocycles. The molecule has 0 atom stereocenters. The molecule has 0 radical (unpaired) electrons. The maximum absolute atomic E-state index is 10.9. The van der Waals surface area contributed by atoms with Crippen molar-refractivity contribution >= 4 is 17.3 Å². The molecule has 4 nitrogen and oxygen atoms in total. The molecule has 0 N–H and O–H groups in total. The largest absolute Gasteiger partial charge is 0.486 e. The Bertz CT molecular complexity index is 565. The van der Waals surface area contributed by atoms with Crippen molar-refractivity contribution in [2.75, 3.05) is 0 Å². The van der Waals surface area contributed by atoms with Gasteiger partial charge >= 0.3 is 0 Å². The summed E-state index contributed by atoms with van der Waals surface area (Å²) in [6.07, 6.45) is 2.51. The van der Waals surface area contributed by atoms with E-state index < -0.39 is 0 Å². The van der Waals surface area contributed by atoms with Gasteiger partial charge in [0, 0.05) is 19.3 Å². The molecule has 17 heavy (non-hydrogen) atoms. The first-order chi connectivity index (χ1) is 7.92. The van der Waals surface area contributed by atoms with Gasteiger partial charge in [0.1, 0.15) is 16.9 Å². The molecule has 4 heteroatoms. The van der Waals surface area contributed by atoms with Gasteiger partial charge in [-0.25, -0.2) is 0 Å². The summed E-state index contributed by atoms with van der Waals surface area (Å²) >= 11 is 0. The Hall–Kier alpha value is -1.84. The van der Waals surface area contributed by atoms with E-state index in [4.69, 9.17) is 4.74 Å². The smallest absolute Gasteiger partial charge is 0.166 e. The van der Waals surface area contributed by atoms with E-state index >= 15 is 0 Å². The van der Waals surface area contributed by atoms with E-state index in [0.29, 0.717) is 5.69 Å². The molecular weight excluding hydrogens is 216 g/mol. The number of rotatable bonds is 2. The number of aryl methyl sites for hydroxylation is 1. The average Bonchev–Trinajstić information content (AvgIpc) is 2.54. The monoisotopic (exact) mass is 232 g/mol. The van der Waals surface area contributed by atoms with Gasteiger partial charge in [-0.2, -0.15) is 0 Å². The summed E-state index contributed by atoms with van der Waals surface area (Å²) in [4.78, 5) is 15.1. The molecule has 0 unspecified atom stereocenters. The minimum atomic E-state index is -0.278. The lowest BCUT2D eigenvalue weighted by molar-refractivity contribution is 0.111. The quantitative estimate of drug-likeness (QED) is 0.747. The van der Waals surface area contributed by atoms with Gasteiger partial charge in [0.15, 0.2) is 6.29 Å². The van der Waals surface area contributed by atoms with E-state index in [1.165, 1.54) is 0 Å². The van der Waals surface area contributed by atoms with E-state index in [1.807, 2.05) is 33.9 Å². The lowest BCUT2D eigenvalue weighted by Gasteiger charge is -2.22. The van der Waals surface area contributed by atoms with Gasteiger partial charge in [0.05, 0.1) is 11.2 Å². The summed E-state index contributed by atoms with van der Waals surface area (Å²) in [5, 5.41) is 0. The van der Waals surface area contributed by atoms with Gasteiger partial charge in [-0.05, 0) is 26.8 Å². The van der Waals surface area contributed by atoms with Crippen molar-refractivity contribution in [2.24, 2.45) is 7.05 Å². The van der Waals surface area contributed by atoms with Crippen LogP contribution < -0.4 is 4.74 Å². The van der Waals surface area contributed by atoms with Crippen molar-refractivity contribution in [3.63, 3.8) is 0 Å². The van der Waals surface area contributed by atoms with Crippen LogP contribution >= 0.6 is 0 Å². The first-order valence-electron chi connectivity index (χ1n) is 5.51. The van der Waals surface area contributed by atoms with Crippen LogP contribution in [0.25, 0.3) is 11.0 Å². The fourth-order valence-electron chi connectivity index (χ4n) is 1.79. The van der Waals surface area contributed by atoms with E-state index in [-0.39, 0.29) is 5.60 Å². The first-order valence-corrected chi connectivity index (χ1v) is 5.51. The molecule has 90 valence electrons. The highest BCUT2D eigenvalue weighted by atomic mass is 16.5. The van der Waals surface area contributed by atoms with Crippen LogP contribution in [0.15, 0.2) is 18.3 Å². The van der Waals surface area contributed by atoms with Crippen LogP contribution in [0.4, 0.5) is 0 Å². The molecule has 0 fully saturated rings. The topological polar surface area (TPSA) is 44.1 Å². The van der Waals surface area contributed by atoms with Crippen LogP contribution in [0.3, 0.4) is 0 Å². The number of hydrogen-bond donors (Lipinski definition) is 0. The fourth-order valence-corrected chi connectivity index (χ4v) is 1.79. The van der Waals surface area contributed by atoms with Gasteiger partial charge in [-0.1, -0.05) is 0 Å². The van der Waals surface area contributed by atoms with Crippen LogP contribution in [0, 0.1) is 0 Å². The van der Waals surface area contributed by atoms with E-state index in [0.717, 1.165) is 23.1 Å². The van der Waals surface area contributed by atoms with Crippen molar-refractivity contribution in [1.82, 2.24) is 9.55 Å². The standard InChI is InChI=1S/C13H16N2O2/c1-13(2,3)17-11-5-6-14-10-7-9(8-16)15(4)12(10)11/h5-8H,1-4H3. The Morgan fingerprint density at radius 1 is 1.41 bits per heavy atom. The molecule has 0 saturated heterocycles. The van der Waals surface area contributed by atoms with Crippen LogP contribution in [0.5, 0.6) is 5.75 Å². The third-order valence-corrected chi connectivity index (χ3v) is 2.46. The highest BCUT2D eigenvalue weighted by Gasteiger charge is 2.17. The van der Waals surface area contributed by atoms with Crippen molar-refractivity contribution < 1.29 is 9.53 Å². The molecule has 0 aliphatic heterocycles. The molecule has 0 spiro atoms. The normalized spacial score (nSPS) is 11.8. The molecule has 2 aromatic heterocycles. The molecule has 2 aromatic rings. The Labute approximate surface area is 100 Å². The summed E-state index contributed by atoms with van der Waals surface area (Å²) < 4.78 is 7.68. The zero-order valence-corrected chi connectivity index (χ0v) is 10.5. The number of pyridine rings is 1. The number of nitrogens with zero attached hydrogens (tertiary/aromatic N) is 2. The minimum absolute atomic E-state index is 0.278. The maximum atomic E-state index is 10.9. The highest BCUT2D eigenvalue weighted by Crippen LogP contribution is 2.28. The maximum Gasteiger partial charge on any atom is 0.166 e. The molecule has 0 saturated carbocycles. The molecule has 0 amide bonds. The van der Waals surface area contributed by atoms with Gasteiger partial charge in [-0.15, -0.1) is 0 Å². The van der Waals surface area contributed by atoms with Crippen molar-refractivity contribution in [1.29, 1.82) is 0 Å². The number of fused-ring (bicyclic) bond motifs is 1. The average molecular weight is 232 g/mol. The minimum Gasteiger partial charge on any atom is -0.486 e. The summed E-state index contributed by atoms with van der Waals surface area (Å²) in [5.74, 6) is 0.748. The van der Waals surface area contributed by atoms with E-state index in [1.54, 1.807) is 16.8 Å². The summed E-state index contributed by atoms with van der Waals surface area (Å²) in [6, 6.07) is 3.58. The van der Waals surface area contributed by atoms with Crippen molar-refractivity contribution in [2.45, 2.75) is 26.4 Å². The SMILES string of the molecule is Cn1c(C=O)cc2nccc(OC(C)(C)C)c21. The number of aromatic nitrogens is 2. The second-order valence-electron chi connectivity index (χ2n) is 5.00. The summed E-state index contributed by atoms with van der Waals surface area (Å²) in [7, 11) is 1.84. The molecule has 2 rings (SSSR count). The zero-order chi connectivity index (χ0) is 12.6. The van der Waals surface area contributed by atoms with Crippen LogP contribution in [0.1, 0.15) is 31.3 Å². The van der Waals surface area contributed by atoms with Gasteiger partial charge < -0.3 is 9.30 Å². The summed E-state index contributed by atoms with van der Waals surface area (Å²) in [5.41, 5.74) is 1.94. The van der Waals surface area contributed by atoms with Crippen LogP contribution in [-0.4, -0.2) is 21.4 Å². The Morgan fingerprint density at radius 2 is 2.12 bits per heavy atom. The number of carbonyl (C=O) groups excluding carboxylic acids is 1. The number of hydrogen-bond acceptors (Lipinski definition) is 3. The molecule has 0 aliphatic carbocycles. The molecule has 0 aromatic carbocycles. The number of carbonyl (C=O) groups is 1. The van der Waals surface area contributed by atoms with E-state index in [2.05, 4.69) is 4.98 Å². The Morgan fingerprint density at radius 3 is 2.71 bits per heavy atom. The lowest BCUT2D eigenvalue weighted by atomic mass is 10.2. The number of aldehydes is 1. The van der Waals surface area contributed by atoms with Crippen LogP contribution in [-0.2, 0) is 7.05 Å². The zero-order valence-electron chi connectivity index (χ0n) is 10.5. The van der Waals surface area contributed by atoms with Gasteiger partial charge in [0.25, 0.3) is 0 Å². The van der Waals surface area contributed by atoms with E-state index in [9.17, 15) is 4.79 Å². The summed E-state index contributed by atoms with van der Waals surface area (Å²) in [6.45, 7) is 5.97.